The van der Waals surface area contributed by atoms with E-state index in [1.165, 1.54) is 25.2 Å². The summed E-state index contributed by atoms with van der Waals surface area (Å²) >= 11 is 0. The summed E-state index contributed by atoms with van der Waals surface area (Å²) in [7, 11) is 0. The molecule has 2 saturated carbocycles. The Balaban J connectivity index is 1.43. The number of pyridine rings is 1. The Labute approximate surface area is 159 Å². The van der Waals surface area contributed by atoms with Gasteiger partial charge in [-0.05, 0) is 49.5 Å². The summed E-state index contributed by atoms with van der Waals surface area (Å²) in [6.45, 7) is 3.63. The largest absolute Gasteiger partial charge is 0.505 e. The standard InChI is InChI=1S/C20H27N3O4/c1-12(24)22-17-6-14-9-23(20(26)16-4-5-21-8-18(16)25)10-15(14)7-19(17)27-11-13-2-3-13/h4-5,8,13-15,17,19,25H,2-3,6-7,9-11H2,1H3,(H,22,24)/t14-,15+,17-,19-/m1/s1. The molecule has 0 spiro atoms. The van der Waals surface area contributed by atoms with E-state index in [1.807, 2.05) is 4.90 Å². The van der Waals surface area contributed by atoms with Crippen molar-refractivity contribution in [3.8, 4) is 5.75 Å². The highest BCUT2D eigenvalue weighted by atomic mass is 16.5. The molecule has 0 bridgehead atoms. The second-order valence-electron chi connectivity index (χ2n) is 8.22. The number of fused-ring (bicyclic) bond motifs is 1. The van der Waals surface area contributed by atoms with E-state index in [0.29, 0.717) is 36.4 Å². The molecule has 3 aliphatic rings. The second-order valence-corrected chi connectivity index (χ2v) is 8.22. The summed E-state index contributed by atoms with van der Waals surface area (Å²) < 4.78 is 6.16. The first-order chi connectivity index (χ1) is 13.0. The molecule has 1 aromatic heterocycles. The third-order valence-electron chi connectivity index (χ3n) is 6.07. The Morgan fingerprint density at radius 1 is 1.30 bits per heavy atom. The zero-order valence-electron chi connectivity index (χ0n) is 15.6. The van der Waals surface area contributed by atoms with Crippen molar-refractivity contribution < 1.29 is 19.4 Å². The molecule has 27 heavy (non-hydrogen) atoms. The monoisotopic (exact) mass is 373 g/mol. The number of aromatic hydroxyl groups is 1. The van der Waals surface area contributed by atoms with Gasteiger partial charge in [0.05, 0.1) is 23.9 Å². The molecular formula is C20H27N3O4. The summed E-state index contributed by atoms with van der Waals surface area (Å²) in [4.78, 5) is 30.1. The molecule has 2 amide bonds. The maximum Gasteiger partial charge on any atom is 0.257 e. The third-order valence-corrected chi connectivity index (χ3v) is 6.07. The number of hydrogen-bond donors (Lipinski definition) is 2. The average Bonchev–Trinajstić information content (AvgIpc) is 3.37. The lowest BCUT2D eigenvalue weighted by Gasteiger charge is -2.38. The number of carbonyl (C=O) groups is 2. The predicted molar refractivity (Wildman–Crippen MR) is 98.1 cm³/mol. The van der Waals surface area contributed by atoms with Crippen LogP contribution in [0.2, 0.25) is 0 Å². The molecule has 146 valence electrons. The van der Waals surface area contributed by atoms with Gasteiger partial charge in [0.1, 0.15) is 5.75 Å². The van der Waals surface area contributed by atoms with Crippen LogP contribution in [0.3, 0.4) is 0 Å². The van der Waals surface area contributed by atoms with Gasteiger partial charge in [-0.25, -0.2) is 0 Å². The number of nitrogens with zero attached hydrogens (tertiary/aromatic N) is 2. The Morgan fingerprint density at radius 3 is 2.70 bits per heavy atom. The Bertz CT molecular complexity index is 721. The fraction of sp³-hybridized carbons (Fsp3) is 0.650. The molecule has 1 saturated heterocycles. The summed E-state index contributed by atoms with van der Waals surface area (Å²) in [6.07, 6.45) is 6.98. The van der Waals surface area contributed by atoms with Crippen LogP contribution < -0.4 is 5.32 Å². The molecule has 0 aromatic carbocycles. The minimum atomic E-state index is -0.157. The molecule has 7 heteroatoms. The molecule has 7 nitrogen and oxygen atoms in total. The third kappa shape index (κ3) is 4.08. The van der Waals surface area contributed by atoms with Gasteiger partial charge in [-0.15, -0.1) is 0 Å². The zero-order chi connectivity index (χ0) is 19.0. The van der Waals surface area contributed by atoms with Crippen LogP contribution in [0, 0.1) is 17.8 Å². The van der Waals surface area contributed by atoms with Gasteiger partial charge in [-0.3, -0.25) is 14.6 Å². The topological polar surface area (TPSA) is 91.8 Å². The van der Waals surface area contributed by atoms with Gasteiger partial charge in [0.15, 0.2) is 0 Å². The van der Waals surface area contributed by atoms with Crippen LogP contribution in [0.4, 0.5) is 0 Å². The van der Waals surface area contributed by atoms with Gasteiger partial charge in [0.2, 0.25) is 5.91 Å². The van der Waals surface area contributed by atoms with Crippen molar-refractivity contribution in [1.29, 1.82) is 0 Å². The average molecular weight is 373 g/mol. The number of amides is 2. The van der Waals surface area contributed by atoms with Crippen molar-refractivity contribution in [3.63, 3.8) is 0 Å². The summed E-state index contributed by atoms with van der Waals surface area (Å²) in [6, 6.07) is 1.56. The quantitative estimate of drug-likeness (QED) is 0.817. The first-order valence-electron chi connectivity index (χ1n) is 9.82. The molecule has 2 N–H and O–H groups in total. The molecule has 2 aliphatic carbocycles. The molecule has 1 aromatic rings. The highest BCUT2D eigenvalue weighted by molar-refractivity contribution is 5.96. The van der Waals surface area contributed by atoms with Crippen LogP contribution >= 0.6 is 0 Å². The molecule has 0 unspecified atom stereocenters. The van der Waals surface area contributed by atoms with E-state index in [2.05, 4.69) is 10.3 Å². The van der Waals surface area contributed by atoms with Crippen molar-refractivity contribution in [1.82, 2.24) is 15.2 Å². The van der Waals surface area contributed by atoms with Crippen LogP contribution in [0.5, 0.6) is 5.75 Å². The smallest absolute Gasteiger partial charge is 0.257 e. The van der Waals surface area contributed by atoms with Crippen LogP contribution in [0.1, 0.15) is 43.0 Å². The normalized spacial score (nSPS) is 30.0. The van der Waals surface area contributed by atoms with E-state index in [0.717, 1.165) is 19.4 Å². The van der Waals surface area contributed by atoms with Crippen molar-refractivity contribution in [3.05, 3.63) is 24.0 Å². The van der Waals surface area contributed by atoms with E-state index >= 15 is 0 Å². The van der Waals surface area contributed by atoms with Gasteiger partial charge in [-0.2, -0.15) is 0 Å². The number of likely N-dealkylation sites (tertiary alicyclic amines) is 1. The lowest BCUT2D eigenvalue weighted by Crippen LogP contribution is -2.50. The molecule has 2 heterocycles. The van der Waals surface area contributed by atoms with E-state index in [4.69, 9.17) is 4.74 Å². The van der Waals surface area contributed by atoms with Crippen LogP contribution in [0.15, 0.2) is 18.5 Å². The van der Waals surface area contributed by atoms with Crippen molar-refractivity contribution in [2.75, 3.05) is 19.7 Å². The Kier molecular flexibility index (Phi) is 5.04. The fourth-order valence-electron chi connectivity index (χ4n) is 4.46. The molecule has 0 radical (unpaired) electrons. The second kappa shape index (κ2) is 7.46. The maximum absolute atomic E-state index is 12.8. The van der Waals surface area contributed by atoms with Gasteiger partial charge in [0, 0.05) is 32.8 Å². The molecule has 1 aliphatic heterocycles. The fourth-order valence-corrected chi connectivity index (χ4v) is 4.46. The summed E-state index contributed by atoms with van der Waals surface area (Å²) in [5, 5.41) is 13.0. The van der Waals surface area contributed by atoms with Gasteiger partial charge >= 0.3 is 0 Å². The molecule has 4 rings (SSSR count). The summed E-state index contributed by atoms with van der Waals surface area (Å²) in [5.41, 5.74) is 0.295. The Hall–Kier alpha value is -2.15. The van der Waals surface area contributed by atoms with Crippen molar-refractivity contribution >= 4 is 11.8 Å². The highest BCUT2D eigenvalue weighted by Crippen LogP contribution is 2.39. The number of rotatable bonds is 5. The highest BCUT2D eigenvalue weighted by Gasteiger charge is 2.44. The molecule has 3 fully saturated rings. The van der Waals surface area contributed by atoms with Gasteiger partial charge in [0.25, 0.3) is 5.91 Å². The van der Waals surface area contributed by atoms with Gasteiger partial charge in [-0.1, -0.05) is 0 Å². The minimum absolute atomic E-state index is 0.00637. The number of carbonyl (C=O) groups excluding carboxylic acids is 2. The first kappa shape index (κ1) is 18.2. The zero-order valence-corrected chi connectivity index (χ0v) is 15.6. The van der Waals surface area contributed by atoms with E-state index in [9.17, 15) is 14.7 Å². The SMILES string of the molecule is CC(=O)N[C@@H]1C[C@@H]2CN(C(=O)c3ccncc3O)C[C@@H]2C[C@H]1OCC1CC1. The maximum atomic E-state index is 12.8. The lowest BCUT2D eigenvalue weighted by atomic mass is 9.77. The molecule has 4 atom stereocenters. The number of ether oxygens (including phenoxy) is 1. The molecular weight excluding hydrogens is 346 g/mol. The predicted octanol–water partition coefficient (Wildman–Crippen LogP) is 1.57. The van der Waals surface area contributed by atoms with Crippen LogP contribution in [0.25, 0.3) is 0 Å². The first-order valence-corrected chi connectivity index (χ1v) is 9.82. The van der Waals surface area contributed by atoms with Crippen molar-refractivity contribution in [2.45, 2.75) is 44.8 Å². The van der Waals surface area contributed by atoms with E-state index < -0.39 is 0 Å². The van der Waals surface area contributed by atoms with Crippen LogP contribution in [-0.2, 0) is 9.53 Å². The van der Waals surface area contributed by atoms with Gasteiger partial charge < -0.3 is 20.1 Å². The minimum Gasteiger partial charge on any atom is -0.505 e. The number of hydrogen-bond acceptors (Lipinski definition) is 5. The lowest BCUT2D eigenvalue weighted by molar-refractivity contribution is -0.122. The van der Waals surface area contributed by atoms with Crippen LogP contribution in [-0.4, -0.2) is 58.6 Å². The van der Waals surface area contributed by atoms with Crippen molar-refractivity contribution in [2.24, 2.45) is 17.8 Å². The number of nitrogens with one attached hydrogen (secondary N) is 1. The summed E-state index contributed by atoms with van der Waals surface area (Å²) in [5.74, 6) is 1.11. The number of aromatic nitrogens is 1. The van der Waals surface area contributed by atoms with E-state index in [1.54, 1.807) is 13.0 Å². The van der Waals surface area contributed by atoms with E-state index in [-0.39, 0.29) is 29.7 Å². The Morgan fingerprint density at radius 2 is 2.04 bits per heavy atom.